The van der Waals surface area contributed by atoms with E-state index in [1.807, 2.05) is 0 Å². The van der Waals surface area contributed by atoms with Crippen LogP contribution in [-0.2, 0) is 23.7 Å². The highest BCUT2D eigenvalue weighted by atomic mass is 15.2. The van der Waals surface area contributed by atoms with Crippen molar-refractivity contribution in [2.45, 2.75) is 78.1 Å². The molecule has 6 aromatic carbocycles. The van der Waals surface area contributed by atoms with Gasteiger partial charge in [-0.05, 0) is 129 Å². The molecule has 0 bridgehead atoms. The molecule has 1 nitrogen and oxygen atoms in total. The molecule has 3 unspecified atom stereocenters. The SMILES string of the molecule is C=C(/C=C/C=C1C=C(/C=C/C=C2/N(C)c3ccc4ccccc4c3C2(C)Cc2ccccc2)CC(C(C)(C)C)C/1)C(C)(Cc1ccccc1)c1c(C)ccc2ccccc12. The van der Waals surface area contributed by atoms with Gasteiger partial charge in [-0.15, -0.1) is 0 Å². The zero-order valence-corrected chi connectivity index (χ0v) is 36.8. The van der Waals surface area contributed by atoms with E-state index in [2.05, 4.69) is 229 Å². The number of aryl methyl sites for hydroxylation is 1. The smallest absolute Gasteiger partial charge is 0.0454 e. The Kier molecular flexibility index (Phi) is 11.3. The van der Waals surface area contributed by atoms with E-state index < -0.39 is 0 Å². The first-order valence-electron chi connectivity index (χ1n) is 21.8. The summed E-state index contributed by atoms with van der Waals surface area (Å²) in [5.74, 6) is 0.535. The van der Waals surface area contributed by atoms with E-state index in [0.29, 0.717) is 5.92 Å². The first-order chi connectivity index (χ1) is 28.8. The van der Waals surface area contributed by atoms with Crippen molar-refractivity contribution in [1.82, 2.24) is 0 Å². The molecule has 0 spiro atoms. The van der Waals surface area contributed by atoms with E-state index in [-0.39, 0.29) is 16.2 Å². The summed E-state index contributed by atoms with van der Waals surface area (Å²) in [4.78, 5) is 2.43. The van der Waals surface area contributed by atoms with Crippen molar-refractivity contribution in [2.24, 2.45) is 11.3 Å². The zero-order chi connectivity index (χ0) is 42.1. The van der Waals surface area contributed by atoms with Crippen LogP contribution in [0.4, 0.5) is 5.69 Å². The maximum Gasteiger partial charge on any atom is 0.0454 e. The van der Waals surface area contributed by atoms with Crippen molar-refractivity contribution >= 4 is 27.2 Å². The van der Waals surface area contributed by atoms with Gasteiger partial charge in [-0.25, -0.2) is 0 Å². The molecule has 1 heteroatoms. The van der Waals surface area contributed by atoms with Crippen LogP contribution in [0.15, 0.2) is 205 Å². The monoisotopic (exact) mass is 783 g/mol. The third-order valence-electron chi connectivity index (χ3n) is 13.7. The Morgan fingerprint density at radius 2 is 1.33 bits per heavy atom. The van der Waals surface area contributed by atoms with Crippen LogP contribution in [0.1, 0.15) is 75.3 Å². The number of benzene rings is 6. The van der Waals surface area contributed by atoms with Crippen LogP contribution in [0, 0.1) is 18.3 Å². The normalized spacial score (nSPS) is 20.7. The minimum Gasteiger partial charge on any atom is -0.347 e. The molecule has 1 aliphatic carbocycles. The summed E-state index contributed by atoms with van der Waals surface area (Å²) < 4.78 is 0. The Labute approximate surface area is 359 Å². The standard InChI is InChI=1S/C59H61N/c1-42-33-34-48-28-15-17-30-51(48)55(42)58(6,40-44-22-11-9-12-23-44)43(2)21-19-26-46-37-47(39-50(38-46)57(3,4)5)27-20-32-54-59(7,41-45-24-13-10-14-25-45)56-52-31-18-16-29-49(52)35-36-53(56)60(54)8/h9-37,50H,2,38-41H2,1,3-8H3/b21-19+,27-20+,46-26-,54-32+. The Hall–Kier alpha value is -5.92. The Balaban J connectivity index is 1.13. The number of anilines is 1. The fraction of sp³-hybridized carbons (Fsp3) is 0.254. The Bertz CT molecular complexity index is 2700. The minimum absolute atomic E-state index is 0.182. The third kappa shape index (κ3) is 8.03. The lowest BCUT2D eigenvalue weighted by Crippen LogP contribution is -2.29. The molecule has 302 valence electrons. The first kappa shape index (κ1) is 40.8. The summed E-state index contributed by atoms with van der Waals surface area (Å²) in [6.45, 7) is 19.1. The third-order valence-corrected chi connectivity index (χ3v) is 13.7. The van der Waals surface area contributed by atoms with Crippen molar-refractivity contribution in [3.63, 3.8) is 0 Å². The van der Waals surface area contributed by atoms with Gasteiger partial charge in [0.2, 0.25) is 0 Å². The summed E-state index contributed by atoms with van der Waals surface area (Å²) in [5.41, 5.74) is 12.9. The van der Waals surface area contributed by atoms with E-state index in [9.17, 15) is 0 Å². The lowest BCUT2D eigenvalue weighted by Gasteiger charge is -2.35. The van der Waals surface area contributed by atoms with Gasteiger partial charge in [-0.2, -0.15) is 0 Å². The number of rotatable bonds is 10. The molecule has 60 heavy (non-hydrogen) atoms. The minimum atomic E-state index is -0.298. The molecule has 8 rings (SSSR count). The number of fused-ring (bicyclic) bond motifs is 4. The molecule has 3 atom stereocenters. The molecular formula is C59H61N. The van der Waals surface area contributed by atoms with Crippen LogP contribution >= 0.6 is 0 Å². The second-order valence-corrected chi connectivity index (χ2v) is 18.9. The Morgan fingerprint density at radius 1 is 0.717 bits per heavy atom. The molecule has 1 heterocycles. The summed E-state index contributed by atoms with van der Waals surface area (Å²) >= 11 is 0. The molecule has 0 fully saturated rings. The lowest BCUT2D eigenvalue weighted by molar-refractivity contribution is 0.234. The van der Waals surface area contributed by atoms with Gasteiger partial charge in [-0.3, -0.25) is 0 Å². The molecule has 6 aromatic rings. The lowest BCUT2D eigenvalue weighted by atomic mass is 9.69. The number of allylic oxidation sites excluding steroid dienone is 11. The predicted octanol–water partition coefficient (Wildman–Crippen LogP) is 15.3. The molecule has 2 aliphatic rings. The van der Waals surface area contributed by atoms with Gasteiger partial charge in [0.15, 0.2) is 0 Å². The highest BCUT2D eigenvalue weighted by Gasteiger charge is 2.43. The highest BCUT2D eigenvalue weighted by Crippen LogP contribution is 2.52. The molecule has 0 aromatic heterocycles. The van der Waals surface area contributed by atoms with Crippen molar-refractivity contribution in [3.05, 3.63) is 233 Å². The molecule has 0 saturated carbocycles. The van der Waals surface area contributed by atoms with Gasteiger partial charge in [0, 0.05) is 29.3 Å². The van der Waals surface area contributed by atoms with Crippen molar-refractivity contribution in [2.75, 3.05) is 11.9 Å². The second kappa shape index (κ2) is 16.6. The van der Waals surface area contributed by atoms with E-state index >= 15 is 0 Å². The number of nitrogens with zero attached hydrogens (tertiary/aromatic N) is 1. The summed E-state index contributed by atoms with van der Waals surface area (Å²) in [7, 11) is 2.24. The molecular weight excluding hydrogens is 723 g/mol. The van der Waals surface area contributed by atoms with E-state index in [1.165, 1.54) is 71.9 Å². The number of hydrogen-bond acceptors (Lipinski definition) is 1. The van der Waals surface area contributed by atoms with Crippen LogP contribution in [0.3, 0.4) is 0 Å². The second-order valence-electron chi connectivity index (χ2n) is 18.9. The number of likely N-dealkylation sites (N-methyl/N-ethyl adjacent to an activating group) is 1. The average molecular weight is 784 g/mol. The number of hydrogen-bond donors (Lipinski definition) is 0. The maximum absolute atomic E-state index is 4.80. The van der Waals surface area contributed by atoms with Gasteiger partial charge in [-0.1, -0.05) is 198 Å². The predicted molar refractivity (Wildman–Crippen MR) is 260 cm³/mol. The van der Waals surface area contributed by atoms with Crippen LogP contribution in [0.2, 0.25) is 0 Å². The van der Waals surface area contributed by atoms with Gasteiger partial charge in [0.1, 0.15) is 0 Å². The van der Waals surface area contributed by atoms with Gasteiger partial charge >= 0.3 is 0 Å². The van der Waals surface area contributed by atoms with Crippen LogP contribution in [0.25, 0.3) is 21.5 Å². The summed E-state index contributed by atoms with van der Waals surface area (Å²) in [6.07, 6.45) is 20.3. The maximum atomic E-state index is 4.80. The largest absolute Gasteiger partial charge is 0.347 e. The van der Waals surface area contributed by atoms with Crippen LogP contribution in [0.5, 0.6) is 0 Å². The molecule has 0 N–H and O–H groups in total. The highest BCUT2D eigenvalue weighted by molar-refractivity contribution is 5.95. The molecule has 0 saturated heterocycles. The molecule has 0 radical (unpaired) electrons. The molecule has 0 amide bonds. The Morgan fingerprint density at radius 3 is 2.03 bits per heavy atom. The van der Waals surface area contributed by atoms with Gasteiger partial charge in [0.05, 0.1) is 0 Å². The zero-order valence-electron chi connectivity index (χ0n) is 36.8. The van der Waals surface area contributed by atoms with Gasteiger partial charge in [0.25, 0.3) is 0 Å². The van der Waals surface area contributed by atoms with E-state index in [0.717, 1.165) is 31.3 Å². The van der Waals surface area contributed by atoms with E-state index in [4.69, 9.17) is 6.58 Å². The summed E-state index contributed by atoms with van der Waals surface area (Å²) in [5, 5.41) is 5.21. The fourth-order valence-electron chi connectivity index (χ4n) is 10.3. The van der Waals surface area contributed by atoms with Crippen molar-refractivity contribution in [1.29, 1.82) is 0 Å². The van der Waals surface area contributed by atoms with Crippen LogP contribution in [-0.4, -0.2) is 7.05 Å². The van der Waals surface area contributed by atoms with Crippen molar-refractivity contribution < 1.29 is 0 Å². The fourth-order valence-corrected chi connectivity index (χ4v) is 10.3. The van der Waals surface area contributed by atoms with Crippen molar-refractivity contribution in [3.8, 4) is 0 Å². The summed E-state index contributed by atoms with van der Waals surface area (Å²) in [6, 6.07) is 48.7. The topological polar surface area (TPSA) is 3.24 Å². The van der Waals surface area contributed by atoms with E-state index in [1.54, 1.807) is 0 Å². The average Bonchev–Trinajstić information content (AvgIpc) is 3.45. The quantitative estimate of drug-likeness (QED) is 0.125. The van der Waals surface area contributed by atoms with Gasteiger partial charge < -0.3 is 4.90 Å². The molecule has 1 aliphatic heterocycles. The van der Waals surface area contributed by atoms with Crippen LogP contribution < -0.4 is 4.90 Å². The first-order valence-corrected chi connectivity index (χ1v) is 21.8.